The number of carbonyl (C=O) groups excluding carboxylic acids is 1. The normalized spacial score (nSPS) is 10.5. The Labute approximate surface area is 140 Å². The number of aryl methyl sites for hydroxylation is 1. The van der Waals surface area contributed by atoms with E-state index in [1.165, 1.54) is 11.3 Å². The molecule has 2 aromatic heterocycles. The van der Waals surface area contributed by atoms with E-state index in [0.29, 0.717) is 0 Å². The molecule has 122 valence electrons. The number of amides is 1. The summed E-state index contributed by atoms with van der Waals surface area (Å²) in [7, 11) is 0. The van der Waals surface area contributed by atoms with Gasteiger partial charge < -0.3 is 10.3 Å². The quantitative estimate of drug-likeness (QED) is 0.666. The zero-order valence-electron chi connectivity index (χ0n) is 12.8. The SMILES string of the molecule is Cc1nc(-c2ccccc2)sc1CNC(=O)c1cc(=O)[nH]c(=O)[nH]1. The number of carbonyl (C=O) groups is 1. The molecule has 3 rings (SSSR count). The Bertz CT molecular complexity index is 960. The maximum Gasteiger partial charge on any atom is 0.326 e. The van der Waals surface area contributed by atoms with Crippen molar-refractivity contribution in [1.29, 1.82) is 0 Å². The van der Waals surface area contributed by atoms with E-state index >= 15 is 0 Å². The van der Waals surface area contributed by atoms with E-state index in [1.807, 2.05) is 42.2 Å². The summed E-state index contributed by atoms with van der Waals surface area (Å²) in [6.07, 6.45) is 0. The molecule has 1 amide bonds. The zero-order valence-corrected chi connectivity index (χ0v) is 13.6. The summed E-state index contributed by atoms with van der Waals surface area (Å²) in [4.78, 5) is 44.2. The van der Waals surface area contributed by atoms with E-state index in [1.54, 1.807) is 0 Å². The molecule has 0 unspecified atom stereocenters. The second kappa shape index (κ2) is 6.63. The average molecular weight is 342 g/mol. The maximum absolute atomic E-state index is 12.1. The molecule has 0 saturated heterocycles. The second-order valence-corrected chi connectivity index (χ2v) is 6.16. The number of hydrogen-bond acceptors (Lipinski definition) is 5. The lowest BCUT2D eigenvalue weighted by molar-refractivity contribution is 0.0945. The highest BCUT2D eigenvalue weighted by molar-refractivity contribution is 7.15. The van der Waals surface area contributed by atoms with Gasteiger partial charge in [0.15, 0.2) is 0 Å². The molecule has 0 aliphatic heterocycles. The molecule has 8 heteroatoms. The molecule has 0 radical (unpaired) electrons. The highest BCUT2D eigenvalue weighted by Crippen LogP contribution is 2.27. The molecule has 0 bridgehead atoms. The van der Waals surface area contributed by atoms with Crippen LogP contribution in [0.1, 0.15) is 21.1 Å². The highest BCUT2D eigenvalue weighted by Gasteiger charge is 2.12. The van der Waals surface area contributed by atoms with Gasteiger partial charge in [0.05, 0.1) is 12.2 Å². The lowest BCUT2D eigenvalue weighted by Crippen LogP contribution is -2.30. The highest BCUT2D eigenvalue weighted by atomic mass is 32.1. The number of rotatable bonds is 4. The van der Waals surface area contributed by atoms with Gasteiger partial charge in [0.25, 0.3) is 11.5 Å². The predicted molar refractivity (Wildman–Crippen MR) is 91.1 cm³/mol. The Hall–Kier alpha value is -3.00. The van der Waals surface area contributed by atoms with Crippen LogP contribution in [0.5, 0.6) is 0 Å². The van der Waals surface area contributed by atoms with Crippen LogP contribution >= 0.6 is 11.3 Å². The fourth-order valence-electron chi connectivity index (χ4n) is 2.14. The lowest BCUT2D eigenvalue weighted by Gasteiger charge is -2.03. The van der Waals surface area contributed by atoms with Crippen LogP contribution in [0.2, 0.25) is 0 Å². The Balaban J connectivity index is 1.75. The molecule has 0 aliphatic carbocycles. The smallest absolute Gasteiger partial charge is 0.326 e. The molecular weight excluding hydrogens is 328 g/mol. The van der Waals surface area contributed by atoms with Gasteiger partial charge in [-0.25, -0.2) is 9.78 Å². The van der Waals surface area contributed by atoms with Crippen molar-refractivity contribution in [2.45, 2.75) is 13.5 Å². The van der Waals surface area contributed by atoms with Crippen molar-refractivity contribution in [3.8, 4) is 10.6 Å². The first-order chi connectivity index (χ1) is 11.5. The third-order valence-electron chi connectivity index (χ3n) is 3.33. The minimum Gasteiger partial charge on any atom is -0.346 e. The van der Waals surface area contributed by atoms with Gasteiger partial charge >= 0.3 is 5.69 Å². The fraction of sp³-hybridized carbons (Fsp3) is 0.125. The molecule has 3 N–H and O–H groups in total. The van der Waals surface area contributed by atoms with Crippen molar-refractivity contribution in [2.75, 3.05) is 0 Å². The van der Waals surface area contributed by atoms with Gasteiger partial charge in [0.1, 0.15) is 10.7 Å². The van der Waals surface area contributed by atoms with Crippen LogP contribution in [0, 0.1) is 6.92 Å². The summed E-state index contributed by atoms with van der Waals surface area (Å²) in [6, 6.07) is 10.8. The molecule has 0 aliphatic rings. The lowest BCUT2D eigenvalue weighted by atomic mass is 10.2. The summed E-state index contributed by atoms with van der Waals surface area (Å²) < 4.78 is 0. The van der Waals surface area contributed by atoms with Crippen molar-refractivity contribution < 1.29 is 4.79 Å². The Morgan fingerprint density at radius 1 is 1.21 bits per heavy atom. The van der Waals surface area contributed by atoms with Gasteiger partial charge in [0.2, 0.25) is 0 Å². The Morgan fingerprint density at radius 2 is 1.96 bits per heavy atom. The number of thiazole rings is 1. The standard InChI is InChI=1S/C16H14N4O3S/c1-9-12(24-15(18-9)10-5-3-2-4-6-10)8-17-14(22)11-7-13(21)20-16(23)19-11/h2-7H,8H2,1H3,(H,17,22)(H2,19,20,21,23). The molecule has 7 nitrogen and oxygen atoms in total. The number of H-pyrrole nitrogens is 2. The first-order valence-corrected chi connectivity index (χ1v) is 7.98. The topological polar surface area (TPSA) is 108 Å². The van der Waals surface area contributed by atoms with Gasteiger partial charge in [-0.3, -0.25) is 14.6 Å². The predicted octanol–water partition coefficient (Wildman–Crippen LogP) is 1.43. The van der Waals surface area contributed by atoms with Crippen molar-refractivity contribution in [3.63, 3.8) is 0 Å². The summed E-state index contributed by atoms with van der Waals surface area (Å²) in [5, 5.41) is 3.56. The van der Waals surface area contributed by atoms with E-state index in [2.05, 4.69) is 15.3 Å². The minimum absolute atomic E-state index is 0.0748. The molecule has 24 heavy (non-hydrogen) atoms. The largest absolute Gasteiger partial charge is 0.346 e. The molecule has 2 heterocycles. The van der Waals surface area contributed by atoms with Gasteiger partial charge in [-0.05, 0) is 6.92 Å². The summed E-state index contributed by atoms with van der Waals surface area (Å²) in [6.45, 7) is 2.14. The monoisotopic (exact) mass is 342 g/mol. The fourth-order valence-corrected chi connectivity index (χ4v) is 3.15. The van der Waals surface area contributed by atoms with Gasteiger partial charge in [-0.1, -0.05) is 30.3 Å². The van der Waals surface area contributed by atoms with Gasteiger partial charge in [-0.2, -0.15) is 0 Å². The van der Waals surface area contributed by atoms with Crippen LogP contribution in [-0.2, 0) is 6.54 Å². The van der Waals surface area contributed by atoms with Gasteiger partial charge in [0, 0.05) is 16.5 Å². The number of aromatic nitrogens is 3. The third-order valence-corrected chi connectivity index (χ3v) is 4.53. The molecule has 1 aromatic carbocycles. The molecule has 0 saturated carbocycles. The van der Waals surface area contributed by atoms with Crippen LogP contribution in [0.3, 0.4) is 0 Å². The summed E-state index contributed by atoms with van der Waals surface area (Å²) in [5.74, 6) is -0.521. The minimum atomic E-state index is -0.715. The zero-order chi connectivity index (χ0) is 17.1. The first kappa shape index (κ1) is 15.9. The average Bonchev–Trinajstić information content (AvgIpc) is 2.93. The van der Waals surface area contributed by atoms with E-state index in [-0.39, 0.29) is 12.2 Å². The van der Waals surface area contributed by atoms with Crippen LogP contribution in [0.15, 0.2) is 46.0 Å². The van der Waals surface area contributed by atoms with Crippen molar-refractivity contribution in [3.05, 3.63) is 73.5 Å². The van der Waals surface area contributed by atoms with Crippen molar-refractivity contribution in [1.82, 2.24) is 20.3 Å². The second-order valence-electron chi connectivity index (χ2n) is 5.08. The Kier molecular flexibility index (Phi) is 4.39. The first-order valence-electron chi connectivity index (χ1n) is 7.16. The number of aromatic amines is 2. The number of hydrogen-bond donors (Lipinski definition) is 3. The maximum atomic E-state index is 12.1. The van der Waals surface area contributed by atoms with E-state index in [4.69, 9.17) is 0 Å². The number of benzene rings is 1. The van der Waals surface area contributed by atoms with Crippen molar-refractivity contribution in [2.24, 2.45) is 0 Å². The number of nitrogens with zero attached hydrogens (tertiary/aromatic N) is 1. The third kappa shape index (κ3) is 3.49. The molecule has 3 aromatic rings. The molecular formula is C16H14N4O3S. The van der Waals surface area contributed by atoms with Crippen molar-refractivity contribution >= 4 is 17.2 Å². The van der Waals surface area contributed by atoms with Crippen LogP contribution in [0.4, 0.5) is 0 Å². The molecule has 0 spiro atoms. The van der Waals surface area contributed by atoms with Crippen LogP contribution < -0.4 is 16.6 Å². The van der Waals surface area contributed by atoms with E-state index in [9.17, 15) is 14.4 Å². The van der Waals surface area contributed by atoms with Gasteiger partial charge in [-0.15, -0.1) is 11.3 Å². The summed E-state index contributed by atoms with van der Waals surface area (Å²) in [5.41, 5.74) is 0.437. The molecule has 0 fully saturated rings. The number of nitrogens with one attached hydrogen (secondary N) is 3. The van der Waals surface area contributed by atoms with Crippen LogP contribution in [0.25, 0.3) is 10.6 Å². The summed E-state index contributed by atoms with van der Waals surface area (Å²) >= 11 is 1.49. The van der Waals surface area contributed by atoms with E-state index < -0.39 is 17.2 Å². The van der Waals surface area contributed by atoms with Crippen LogP contribution in [-0.4, -0.2) is 20.9 Å². The Morgan fingerprint density at radius 3 is 2.67 bits per heavy atom. The molecule has 0 atom stereocenters. The van der Waals surface area contributed by atoms with E-state index in [0.717, 1.165) is 27.2 Å².